The van der Waals surface area contributed by atoms with Crippen molar-refractivity contribution in [3.63, 3.8) is 0 Å². The summed E-state index contributed by atoms with van der Waals surface area (Å²) in [4.78, 5) is 26.3. The van der Waals surface area contributed by atoms with Gasteiger partial charge in [0.1, 0.15) is 11.3 Å². The van der Waals surface area contributed by atoms with Crippen molar-refractivity contribution in [2.75, 3.05) is 13.2 Å². The van der Waals surface area contributed by atoms with Gasteiger partial charge in [0, 0.05) is 12.6 Å². The zero-order valence-corrected chi connectivity index (χ0v) is 12.1. The topological polar surface area (TPSA) is 72.6 Å². The van der Waals surface area contributed by atoms with E-state index in [2.05, 4.69) is 5.16 Å². The lowest BCUT2D eigenvalue weighted by molar-refractivity contribution is -0.157. The maximum atomic E-state index is 12.5. The molecule has 0 aromatic carbocycles. The van der Waals surface area contributed by atoms with Crippen molar-refractivity contribution in [1.29, 1.82) is 0 Å². The van der Waals surface area contributed by atoms with Gasteiger partial charge in [0.25, 0.3) is 5.91 Å². The average Bonchev–Trinajstić information content (AvgIpc) is 2.85. The fourth-order valence-electron chi connectivity index (χ4n) is 2.55. The van der Waals surface area contributed by atoms with E-state index in [0.29, 0.717) is 25.3 Å². The molecule has 1 aromatic rings. The van der Waals surface area contributed by atoms with Gasteiger partial charge in [-0.05, 0) is 40.0 Å². The second-order valence-electron chi connectivity index (χ2n) is 5.23. The number of hydrogen-bond donors (Lipinski definition) is 0. The molecular weight excluding hydrogens is 260 g/mol. The Kier molecular flexibility index (Phi) is 4.11. The molecule has 1 unspecified atom stereocenters. The predicted molar refractivity (Wildman–Crippen MR) is 71.2 cm³/mol. The van der Waals surface area contributed by atoms with E-state index in [4.69, 9.17) is 9.26 Å². The first kappa shape index (κ1) is 14.6. The number of likely N-dealkylation sites (tertiary alicyclic amines) is 1. The van der Waals surface area contributed by atoms with E-state index >= 15 is 0 Å². The van der Waals surface area contributed by atoms with Crippen LogP contribution in [0.5, 0.6) is 0 Å². The summed E-state index contributed by atoms with van der Waals surface area (Å²) in [5.41, 5.74) is -0.682. The number of piperidine rings is 1. The van der Waals surface area contributed by atoms with Crippen LogP contribution in [0.15, 0.2) is 10.6 Å². The summed E-state index contributed by atoms with van der Waals surface area (Å²) < 4.78 is 10.1. The van der Waals surface area contributed by atoms with Crippen LogP contribution in [0.25, 0.3) is 0 Å². The van der Waals surface area contributed by atoms with Crippen LogP contribution in [0.3, 0.4) is 0 Å². The van der Waals surface area contributed by atoms with Gasteiger partial charge in [0.2, 0.25) is 0 Å². The van der Waals surface area contributed by atoms with Crippen LogP contribution in [-0.2, 0) is 9.53 Å². The Balaban J connectivity index is 2.26. The van der Waals surface area contributed by atoms with Crippen molar-refractivity contribution in [3.05, 3.63) is 17.5 Å². The Bertz CT molecular complexity index is 511. The van der Waals surface area contributed by atoms with Gasteiger partial charge in [-0.2, -0.15) is 0 Å². The summed E-state index contributed by atoms with van der Waals surface area (Å²) in [6.07, 6.45) is 2.38. The normalized spacial score (nSPS) is 22.6. The summed E-state index contributed by atoms with van der Waals surface area (Å²) in [7, 11) is 0. The van der Waals surface area contributed by atoms with E-state index in [1.165, 1.54) is 0 Å². The summed E-state index contributed by atoms with van der Waals surface area (Å²) in [6, 6.07) is 1.59. The fraction of sp³-hybridized carbons (Fsp3) is 0.643. The van der Waals surface area contributed by atoms with Crippen molar-refractivity contribution in [2.45, 2.75) is 45.6 Å². The second-order valence-corrected chi connectivity index (χ2v) is 5.23. The quantitative estimate of drug-likeness (QED) is 0.791. The highest BCUT2D eigenvalue weighted by atomic mass is 16.5. The maximum absolute atomic E-state index is 12.5. The monoisotopic (exact) mass is 280 g/mol. The minimum absolute atomic E-state index is 0.236. The van der Waals surface area contributed by atoms with E-state index in [1.54, 1.807) is 31.7 Å². The number of ether oxygens (including phenoxy) is 1. The van der Waals surface area contributed by atoms with E-state index in [9.17, 15) is 9.59 Å². The van der Waals surface area contributed by atoms with Crippen LogP contribution in [0.2, 0.25) is 0 Å². The third kappa shape index (κ3) is 2.55. The van der Waals surface area contributed by atoms with Gasteiger partial charge in [0.05, 0.1) is 6.61 Å². The van der Waals surface area contributed by atoms with Crippen LogP contribution >= 0.6 is 0 Å². The molecule has 6 nitrogen and oxygen atoms in total. The van der Waals surface area contributed by atoms with Gasteiger partial charge in [-0.1, -0.05) is 5.16 Å². The van der Waals surface area contributed by atoms with Crippen molar-refractivity contribution in [2.24, 2.45) is 0 Å². The smallest absolute Gasteiger partial charge is 0.331 e. The maximum Gasteiger partial charge on any atom is 0.331 e. The number of aryl methyl sites for hydroxylation is 1. The van der Waals surface area contributed by atoms with E-state index in [0.717, 1.165) is 12.8 Å². The van der Waals surface area contributed by atoms with Gasteiger partial charge < -0.3 is 14.2 Å². The second kappa shape index (κ2) is 5.64. The van der Waals surface area contributed by atoms with Crippen molar-refractivity contribution >= 4 is 11.9 Å². The SMILES string of the molecule is CCOC(=O)C1(C)CCCCN1C(=O)c1cc(C)on1. The van der Waals surface area contributed by atoms with Crippen LogP contribution in [0.4, 0.5) is 0 Å². The molecule has 0 N–H and O–H groups in total. The molecule has 1 aromatic heterocycles. The van der Waals surface area contributed by atoms with Crippen molar-refractivity contribution < 1.29 is 18.8 Å². The molecule has 2 rings (SSSR count). The van der Waals surface area contributed by atoms with Crippen LogP contribution < -0.4 is 0 Å². The van der Waals surface area contributed by atoms with E-state index in [1.807, 2.05) is 0 Å². The van der Waals surface area contributed by atoms with Gasteiger partial charge in [0.15, 0.2) is 5.69 Å². The largest absolute Gasteiger partial charge is 0.464 e. The number of carbonyl (C=O) groups excluding carboxylic acids is 2. The summed E-state index contributed by atoms with van der Waals surface area (Å²) in [5, 5.41) is 3.74. The van der Waals surface area contributed by atoms with Crippen molar-refractivity contribution in [1.82, 2.24) is 10.1 Å². The Morgan fingerprint density at radius 2 is 2.25 bits per heavy atom. The highest BCUT2D eigenvalue weighted by molar-refractivity contribution is 5.96. The molecule has 0 aliphatic carbocycles. The standard InChI is InChI=1S/C14H20N2O4/c1-4-19-13(18)14(3)7-5-6-8-16(14)12(17)11-9-10(2)20-15-11/h9H,4-8H2,1-3H3. The molecule has 0 radical (unpaired) electrons. The lowest BCUT2D eigenvalue weighted by Crippen LogP contribution is -2.58. The number of carbonyl (C=O) groups is 2. The first-order chi connectivity index (χ1) is 9.49. The first-order valence-corrected chi connectivity index (χ1v) is 6.91. The third-order valence-electron chi connectivity index (χ3n) is 3.70. The van der Waals surface area contributed by atoms with Gasteiger partial charge in [-0.25, -0.2) is 4.79 Å². The molecular formula is C14H20N2O4. The molecule has 0 saturated carbocycles. The highest BCUT2D eigenvalue weighted by Gasteiger charge is 2.45. The molecule has 1 atom stereocenters. The predicted octanol–water partition coefficient (Wildman–Crippen LogP) is 1.93. The first-order valence-electron chi connectivity index (χ1n) is 6.91. The molecule has 2 heterocycles. The number of esters is 1. The van der Waals surface area contributed by atoms with Crippen molar-refractivity contribution in [3.8, 4) is 0 Å². The minimum atomic E-state index is -0.918. The number of aromatic nitrogens is 1. The summed E-state index contributed by atoms with van der Waals surface area (Å²) in [5.74, 6) is -0.0615. The number of hydrogen-bond acceptors (Lipinski definition) is 5. The van der Waals surface area contributed by atoms with Crippen LogP contribution in [-0.4, -0.2) is 40.6 Å². The molecule has 20 heavy (non-hydrogen) atoms. The number of nitrogens with zero attached hydrogens (tertiary/aromatic N) is 2. The molecule has 110 valence electrons. The van der Waals surface area contributed by atoms with Crippen LogP contribution in [0.1, 0.15) is 49.4 Å². The van der Waals surface area contributed by atoms with Gasteiger partial charge >= 0.3 is 5.97 Å². The highest BCUT2D eigenvalue weighted by Crippen LogP contribution is 2.30. The van der Waals surface area contributed by atoms with E-state index in [-0.39, 0.29) is 17.6 Å². The molecule has 1 aliphatic rings. The van der Waals surface area contributed by atoms with Gasteiger partial charge in [-0.15, -0.1) is 0 Å². The molecule has 1 amide bonds. The summed E-state index contributed by atoms with van der Waals surface area (Å²) in [6.45, 7) is 6.08. The Labute approximate surface area is 118 Å². The Morgan fingerprint density at radius 1 is 1.50 bits per heavy atom. The Morgan fingerprint density at radius 3 is 2.85 bits per heavy atom. The lowest BCUT2D eigenvalue weighted by Gasteiger charge is -2.42. The average molecular weight is 280 g/mol. The molecule has 0 spiro atoms. The zero-order chi connectivity index (χ0) is 14.8. The van der Waals surface area contributed by atoms with E-state index < -0.39 is 5.54 Å². The molecule has 1 aliphatic heterocycles. The Hall–Kier alpha value is -1.85. The number of amides is 1. The molecule has 1 saturated heterocycles. The molecule has 0 bridgehead atoms. The van der Waals surface area contributed by atoms with Gasteiger partial charge in [-0.3, -0.25) is 4.79 Å². The third-order valence-corrected chi connectivity index (χ3v) is 3.70. The molecule has 1 fully saturated rings. The zero-order valence-electron chi connectivity index (χ0n) is 12.1. The summed E-state index contributed by atoms with van der Waals surface area (Å²) >= 11 is 0. The number of rotatable bonds is 3. The van der Waals surface area contributed by atoms with Crippen LogP contribution in [0, 0.1) is 6.92 Å². The fourth-order valence-corrected chi connectivity index (χ4v) is 2.55. The minimum Gasteiger partial charge on any atom is -0.464 e. The molecule has 6 heteroatoms. The lowest BCUT2D eigenvalue weighted by atomic mass is 9.88.